The fraction of sp³-hybridized carbons (Fsp3) is 0.375. The van der Waals surface area contributed by atoms with Crippen LogP contribution in [0.3, 0.4) is 0 Å². The summed E-state index contributed by atoms with van der Waals surface area (Å²) in [5.41, 5.74) is 2.90. The number of amides is 3. The molecule has 9 nitrogen and oxygen atoms in total. The molecule has 2 aromatic rings. The second kappa shape index (κ2) is 9.76. The Morgan fingerprint density at radius 2 is 2.03 bits per heavy atom. The number of nitrogens with zero attached hydrogens (tertiary/aromatic N) is 4. The van der Waals surface area contributed by atoms with E-state index in [1.165, 1.54) is 18.5 Å². The first-order chi connectivity index (χ1) is 16.7. The second-order valence-electron chi connectivity index (χ2n) is 8.76. The lowest BCUT2D eigenvalue weighted by Crippen LogP contribution is -2.43. The molecule has 3 amide bonds. The molecule has 1 aromatic carbocycles. The van der Waals surface area contributed by atoms with Crippen LogP contribution < -0.4 is 10.6 Å². The van der Waals surface area contributed by atoms with Crippen LogP contribution in [0.5, 0.6) is 0 Å². The molecule has 0 saturated carbocycles. The molecule has 2 aliphatic heterocycles. The number of rotatable bonds is 5. The topological polar surface area (TPSA) is 118 Å². The van der Waals surface area contributed by atoms with Crippen molar-refractivity contribution in [1.29, 1.82) is 5.26 Å². The van der Waals surface area contributed by atoms with E-state index in [0.29, 0.717) is 5.56 Å². The van der Waals surface area contributed by atoms with E-state index >= 15 is 0 Å². The maximum Gasteiger partial charge on any atom is 0.268 e. The van der Waals surface area contributed by atoms with Gasteiger partial charge in [0.1, 0.15) is 6.04 Å². The molecule has 1 atom stereocenters. The van der Waals surface area contributed by atoms with Gasteiger partial charge in [-0.1, -0.05) is 6.07 Å². The molecule has 0 radical (unpaired) electrons. The third-order valence-electron chi connectivity index (χ3n) is 6.12. The Hall–Kier alpha value is -3.91. The molecule has 0 aliphatic carbocycles. The third-order valence-corrected chi connectivity index (χ3v) is 6.12. The highest BCUT2D eigenvalue weighted by Gasteiger charge is 2.47. The number of fused-ring (bicyclic) bond motifs is 1. The number of halogens is 2. The Kier molecular flexibility index (Phi) is 6.75. The van der Waals surface area contributed by atoms with Crippen LogP contribution in [-0.2, 0) is 17.8 Å². The van der Waals surface area contributed by atoms with Gasteiger partial charge in [0.05, 0.1) is 36.6 Å². The molecule has 1 aromatic heterocycles. The van der Waals surface area contributed by atoms with E-state index in [2.05, 4.69) is 20.5 Å². The van der Waals surface area contributed by atoms with Crippen molar-refractivity contribution in [3.63, 3.8) is 0 Å². The summed E-state index contributed by atoms with van der Waals surface area (Å²) >= 11 is 0. The maximum absolute atomic E-state index is 13.6. The first kappa shape index (κ1) is 24.2. The number of hydrogen-bond donors (Lipinski definition) is 2. The number of likely N-dealkylation sites (N-methyl/N-ethyl adjacent to an activating group) is 1. The van der Waals surface area contributed by atoms with Crippen molar-refractivity contribution in [3.8, 4) is 6.07 Å². The zero-order valence-corrected chi connectivity index (χ0v) is 19.1. The lowest BCUT2D eigenvalue weighted by atomic mass is 9.97. The molecule has 2 N–H and O–H groups in total. The fourth-order valence-corrected chi connectivity index (χ4v) is 4.27. The van der Waals surface area contributed by atoms with Crippen molar-refractivity contribution >= 4 is 23.4 Å². The highest BCUT2D eigenvalue weighted by molar-refractivity contribution is 6.09. The van der Waals surface area contributed by atoms with Gasteiger partial charge in [-0.15, -0.1) is 0 Å². The largest absolute Gasteiger partial charge is 0.343 e. The van der Waals surface area contributed by atoms with Crippen LogP contribution in [0.2, 0.25) is 0 Å². The Morgan fingerprint density at radius 1 is 1.23 bits per heavy atom. The molecule has 4 rings (SSSR count). The van der Waals surface area contributed by atoms with Crippen LogP contribution in [-0.4, -0.2) is 71.2 Å². The lowest BCUT2D eigenvalue weighted by Gasteiger charge is -2.25. The van der Waals surface area contributed by atoms with Gasteiger partial charge < -0.3 is 20.4 Å². The van der Waals surface area contributed by atoms with Crippen LogP contribution in [0, 0.1) is 11.3 Å². The van der Waals surface area contributed by atoms with E-state index < -0.39 is 49.2 Å². The number of pyridine rings is 1. The number of nitrogens with one attached hydrogen (secondary N) is 2. The predicted octanol–water partition coefficient (Wildman–Crippen LogP) is 1.81. The quantitative estimate of drug-likeness (QED) is 0.671. The fourth-order valence-electron chi connectivity index (χ4n) is 4.27. The van der Waals surface area contributed by atoms with Gasteiger partial charge >= 0.3 is 0 Å². The minimum atomic E-state index is -3.14. The smallest absolute Gasteiger partial charge is 0.268 e. The van der Waals surface area contributed by atoms with Crippen molar-refractivity contribution in [2.75, 3.05) is 32.0 Å². The summed E-state index contributed by atoms with van der Waals surface area (Å²) in [7, 11) is 2.04. The molecule has 1 fully saturated rings. The predicted molar refractivity (Wildman–Crippen MR) is 122 cm³/mol. The van der Waals surface area contributed by atoms with E-state index in [1.54, 1.807) is 12.1 Å². The van der Waals surface area contributed by atoms with Gasteiger partial charge in [0.25, 0.3) is 17.7 Å². The van der Waals surface area contributed by atoms with E-state index in [1.807, 2.05) is 19.2 Å². The summed E-state index contributed by atoms with van der Waals surface area (Å²) in [5.74, 6) is -5.04. The number of carbonyl (C=O) groups is 3. The number of nitriles is 1. The van der Waals surface area contributed by atoms with Gasteiger partial charge in [-0.3, -0.25) is 19.4 Å². The summed E-state index contributed by atoms with van der Waals surface area (Å²) in [6.07, 6.45) is 2.77. The van der Waals surface area contributed by atoms with Crippen LogP contribution in [0.25, 0.3) is 0 Å². The zero-order valence-electron chi connectivity index (χ0n) is 19.1. The van der Waals surface area contributed by atoms with Crippen molar-refractivity contribution in [2.45, 2.75) is 31.4 Å². The number of hydrogen-bond acceptors (Lipinski definition) is 6. The lowest BCUT2D eigenvalue weighted by molar-refractivity contribution is -0.131. The second-order valence-corrected chi connectivity index (χ2v) is 8.76. The van der Waals surface area contributed by atoms with Gasteiger partial charge in [0, 0.05) is 31.3 Å². The van der Waals surface area contributed by atoms with E-state index in [9.17, 15) is 23.2 Å². The molecule has 3 heterocycles. The minimum Gasteiger partial charge on any atom is -0.343 e. The molecule has 1 saturated heterocycles. The molecular weight excluding hydrogens is 458 g/mol. The van der Waals surface area contributed by atoms with Crippen LogP contribution in [0.4, 0.5) is 14.5 Å². The zero-order chi connectivity index (χ0) is 25.2. The number of likely N-dealkylation sites (tertiary alicyclic amines) is 1. The summed E-state index contributed by atoms with van der Waals surface area (Å²) in [5, 5.41) is 14.1. The summed E-state index contributed by atoms with van der Waals surface area (Å²) < 4.78 is 27.2. The standard InChI is InChI=1S/C24H24F2N6O3/c1-31-7-5-15-8-16(2-3-17(15)13-31)22(34)30-20-11-28-6-4-19(20)23(35)29-12-21(33)32-14-24(25,26)9-18(32)10-27/h2-4,6,8,11,18H,5,7,9,12-14H2,1H3,(H,29,35)(H,30,34)/t18-/m0/s1. The number of anilines is 1. The van der Waals surface area contributed by atoms with Gasteiger partial charge in [-0.2, -0.15) is 5.26 Å². The van der Waals surface area contributed by atoms with Crippen molar-refractivity contribution < 1.29 is 23.2 Å². The Bertz CT molecular complexity index is 1210. The van der Waals surface area contributed by atoms with Crippen LogP contribution in [0.1, 0.15) is 38.3 Å². The Labute approximate surface area is 200 Å². The number of aromatic nitrogens is 1. The number of carbonyl (C=O) groups excluding carboxylic acids is 3. The Balaban J connectivity index is 1.42. The maximum atomic E-state index is 13.6. The summed E-state index contributed by atoms with van der Waals surface area (Å²) in [6.45, 7) is 0.274. The highest BCUT2D eigenvalue weighted by Crippen LogP contribution is 2.31. The monoisotopic (exact) mass is 482 g/mol. The summed E-state index contributed by atoms with van der Waals surface area (Å²) in [6, 6.07) is 7.29. The van der Waals surface area contributed by atoms with Crippen LogP contribution in [0.15, 0.2) is 36.7 Å². The summed E-state index contributed by atoms with van der Waals surface area (Å²) in [4.78, 5) is 44.9. The molecule has 35 heavy (non-hydrogen) atoms. The van der Waals surface area contributed by atoms with E-state index in [0.717, 1.165) is 35.5 Å². The molecule has 0 bridgehead atoms. The van der Waals surface area contributed by atoms with E-state index in [4.69, 9.17) is 5.26 Å². The average molecular weight is 482 g/mol. The average Bonchev–Trinajstić information content (AvgIpc) is 3.17. The number of benzene rings is 1. The van der Waals surface area contributed by atoms with Crippen molar-refractivity contribution in [2.24, 2.45) is 0 Å². The number of alkyl halides is 2. The third kappa shape index (κ3) is 5.44. The molecule has 182 valence electrons. The van der Waals surface area contributed by atoms with Gasteiger partial charge in [0.15, 0.2) is 0 Å². The van der Waals surface area contributed by atoms with Crippen molar-refractivity contribution in [1.82, 2.24) is 20.1 Å². The van der Waals surface area contributed by atoms with Crippen LogP contribution >= 0.6 is 0 Å². The highest BCUT2D eigenvalue weighted by atomic mass is 19.3. The molecule has 2 aliphatic rings. The minimum absolute atomic E-state index is 0.0596. The first-order valence-electron chi connectivity index (χ1n) is 11.1. The van der Waals surface area contributed by atoms with E-state index in [-0.39, 0.29) is 11.3 Å². The first-order valence-corrected chi connectivity index (χ1v) is 11.1. The van der Waals surface area contributed by atoms with Gasteiger partial charge in [-0.05, 0) is 42.8 Å². The SMILES string of the molecule is CN1CCc2cc(C(=O)Nc3cnccc3C(=O)NCC(=O)N3CC(F)(F)C[C@H]3C#N)ccc2C1. The molecule has 11 heteroatoms. The van der Waals surface area contributed by atoms with Gasteiger partial charge in [-0.25, -0.2) is 8.78 Å². The normalized spacial score (nSPS) is 18.9. The molecule has 0 unspecified atom stereocenters. The molecular formula is C24H24F2N6O3. The van der Waals surface area contributed by atoms with Gasteiger partial charge in [0.2, 0.25) is 5.91 Å². The van der Waals surface area contributed by atoms with Crippen molar-refractivity contribution in [3.05, 3.63) is 58.9 Å². The molecule has 0 spiro atoms. The Morgan fingerprint density at radius 3 is 2.80 bits per heavy atom.